The number of hydrogen-bond donors (Lipinski definition) is 2. The van der Waals surface area contributed by atoms with Crippen molar-refractivity contribution in [1.29, 1.82) is 0 Å². The minimum Gasteiger partial charge on any atom is -0.389 e. The Morgan fingerprint density at radius 3 is 2.88 bits per heavy atom. The summed E-state index contributed by atoms with van der Waals surface area (Å²) in [7, 11) is 0. The van der Waals surface area contributed by atoms with Gasteiger partial charge >= 0.3 is 0 Å². The fraction of sp³-hybridized carbons (Fsp3) is 0.500. The van der Waals surface area contributed by atoms with Gasteiger partial charge in [-0.05, 0) is 37.0 Å². The average molecular weight is 269 g/mol. The van der Waals surface area contributed by atoms with E-state index in [9.17, 15) is 0 Å². The first-order valence-electron chi connectivity index (χ1n) is 5.73. The molecular formula is C12H19N3S2. The van der Waals surface area contributed by atoms with E-state index in [1.165, 1.54) is 11.5 Å². The molecule has 0 aromatic carbocycles. The Morgan fingerprint density at radius 2 is 2.35 bits per heavy atom. The van der Waals surface area contributed by atoms with Crippen molar-refractivity contribution in [3.05, 3.63) is 23.9 Å². The van der Waals surface area contributed by atoms with Gasteiger partial charge in [0, 0.05) is 17.8 Å². The molecule has 0 aliphatic rings. The maximum atomic E-state index is 5.51. The lowest BCUT2D eigenvalue weighted by molar-refractivity contribution is 0.766. The molecule has 0 radical (unpaired) electrons. The molecule has 0 saturated heterocycles. The molecular weight excluding hydrogens is 250 g/mol. The van der Waals surface area contributed by atoms with E-state index in [-0.39, 0.29) is 0 Å². The molecule has 0 aliphatic carbocycles. The third kappa shape index (κ3) is 5.37. The first-order chi connectivity index (χ1) is 8.13. The zero-order valence-corrected chi connectivity index (χ0v) is 11.9. The first kappa shape index (κ1) is 14.3. The van der Waals surface area contributed by atoms with Gasteiger partial charge in [0.15, 0.2) is 0 Å². The Bertz CT molecular complexity index is 351. The van der Waals surface area contributed by atoms with Crippen molar-refractivity contribution in [2.75, 3.05) is 16.8 Å². The van der Waals surface area contributed by atoms with Crippen LogP contribution in [0.25, 0.3) is 0 Å². The molecule has 1 aromatic heterocycles. The summed E-state index contributed by atoms with van der Waals surface area (Å²) >= 11 is 6.84. The summed E-state index contributed by atoms with van der Waals surface area (Å²) < 4.78 is 0. The fourth-order valence-electron chi connectivity index (χ4n) is 1.35. The van der Waals surface area contributed by atoms with E-state index in [2.05, 4.69) is 24.1 Å². The van der Waals surface area contributed by atoms with Crippen LogP contribution in [0.4, 0.5) is 5.82 Å². The van der Waals surface area contributed by atoms with Gasteiger partial charge in [0.2, 0.25) is 0 Å². The van der Waals surface area contributed by atoms with Crippen LogP contribution in [0.15, 0.2) is 18.3 Å². The van der Waals surface area contributed by atoms with Gasteiger partial charge in [-0.15, -0.1) is 0 Å². The Balaban J connectivity index is 2.43. The lowest BCUT2D eigenvalue weighted by Crippen LogP contribution is -2.17. The van der Waals surface area contributed by atoms with Gasteiger partial charge in [-0.2, -0.15) is 11.8 Å². The predicted molar refractivity (Wildman–Crippen MR) is 80.8 cm³/mol. The molecule has 5 heteroatoms. The SMILES string of the molecule is CCSCCC(C)Nc1ccc(C(N)=S)cn1. The quantitative estimate of drug-likeness (QED) is 0.589. The van der Waals surface area contributed by atoms with E-state index >= 15 is 0 Å². The summed E-state index contributed by atoms with van der Waals surface area (Å²) in [6.45, 7) is 4.35. The van der Waals surface area contributed by atoms with Gasteiger partial charge < -0.3 is 11.1 Å². The molecule has 3 N–H and O–H groups in total. The highest BCUT2D eigenvalue weighted by molar-refractivity contribution is 7.99. The van der Waals surface area contributed by atoms with Crippen LogP contribution in [0, 0.1) is 0 Å². The highest BCUT2D eigenvalue weighted by Gasteiger charge is 2.03. The zero-order chi connectivity index (χ0) is 12.7. The highest BCUT2D eigenvalue weighted by Crippen LogP contribution is 2.10. The third-order valence-corrected chi connectivity index (χ3v) is 3.51. The van der Waals surface area contributed by atoms with Gasteiger partial charge in [0.1, 0.15) is 10.8 Å². The van der Waals surface area contributed by atoms with Crippen molar-refractivity contribution in [3.63, 3.8) is 0 Å². The van der Waals surface area contributed by atoms with Gasteiger partial charge in [0.05, 0.1) is 0 Å². The summed E-state index contributed by atoms with van der Waals surface area (Å²) in [6.07, 6.45) is 2.84. The molecule has 0 aliphatic heterocycles. The third-order valence-electron chi connectivity index (χ3n) is 2.34. The molecule has 0 bridgehead atoms. The number of aromatic nitrogens is 1. The van der Waals surface area contributed by atoms with E-state index in [0.717, 1.165) is 17.8 Å². The van der Waals surface area contributed by atoms with Crippen LogP contribution >= 0.6 is 24.0 Å². The molecule has 0 saturated carbocycles. The van der Waals surface area contributed by atoms with Crippen LogP contribution < -0.4 is 11.1 Å². The molecule has 1 atom stereocenters. The van der Waals surface area contributed by atoms with Crippen molar-refractivity contribution < 1.29 is 0 Å². The van der Waals surface area contributed by atoms with E-state index in [0.29, 0.717) is 11.0 Å². The first-order valence-corrected chi connectivity index (χ1v) is 7.30. The maximum Gasteiger partial charge on any atom is 0.126 e. The van der Waals surface area contributed by atoms with Gasteiger partial charge in [-0.1, -0.05) is 19.1 Å². The van der Waals surface area contributed by atoms with Gasteiger partial charge in [0.25, 0.3) is 0 Å². The van der Waals surface area contributed by atoms with E-state index in [4.69, 9.17) is 18.0 Å². The normalized spacial score (nSPS) is 12.1. The van der Waals surface area contributed by atoms with Gasteiger partial charge in [-0.25, -0.2) is 4.98 Å². The molecule has 17 heavy (non-hydrogen) atoms. The summed E-state index contributed by atoms with van der Waals surface area (Å²) in [5.74, 6) is 3.22. The highest BCUT2D eigenvalue weighted by atomic mass is 32.2. The number of anilines is 1. The summed E-state index contributed by atoms with van der Waals surface area (Å²) in [4.78, 5) is 4.67. The summed E-state index contributed by atoms with van der Waals surface area (Å²) in [6, 6.07) is 4.24. The maximum absolute atomic E-state index is 5.51. The number of nitrogens with zero attached hydrogens (tertiary/aromatic N) is 1. The number of nitrogens with two attached hydrogens (primary N) is 1. The average Bonchev–Trinajstić information content (AvgIpc) is 2.30. The molecule has 1 rings (SSSR count). The molecule has 94 valence electrons. The van der Waals surface area contributed by atoms with Crippen LogP contribution in [0.2, 0.25) is 0 Å². The smallest absolute Gasteiger partial charge is 0.126 e. The standard InChI is InChI=1S/C12H19N3S2/c1-3-17-7-6-9(2)15-11-5-4-10(8-14-11)12(13)16/h4-5,8-9H,3,6-7H2,1-2H3,(H2,13,16)(H,14,15). The van der Waals surface area contributed by atoms with Crippen LogP contribution in [0.5, 0.6) is 0 Å². The minimum atomic E-state index is 0.386. The lowest BCUT2D eigenvalue weighted by Gasteiger charge is -2.14. The number of nitrogens with one attached hydrogen (secondary N) is 1. The van der Waals surface area contributed by atoms with Gasteiger partial charge in [-0.3, -0.25) is 0 Å². The zero-order valence-electron chi connectivity index (χ0n) is 10.3. The van der Waals surface area contributed by atoms with Crippen molar-refractivity contribution in [2.24, 2.45) is 5.73 Å². The van der Waals surface area contributed by atoms with E-state index in [1.807, 2.05) is 23.9 Å². The monoisotopic (exact) mass is 269 g/mol. The molecule has 3 nitrogen and oxygen atoms in total. The largest absolute Gasteiger partial charge is 0.389 e. The molecule has 1 aromatic rings. The Morgan fingerprint density at radius 1 is 1.59 bits per heavy atom. The molecule has 0 fully saturated rings. The number of pyridine rings is 1. The summed E-state index contributed by atoms with van der Waals surface area (Å²) in [5.41, 5.74) is 6.32. The lowest BCUT2D eigenvalue weighted by atomic mass is 10.2. The molecule has 1 unspecified atom stereocenters. The van der Waals surface area contributed by atoms with E-state index < -0.39 is 0 Å². The van der Waals surface area contributed by atoms with Crippen molar-refractivity contribution in [1.82, 2.24) is 4.98 Å². The summed E-state index contributed by atoms with van der Waals surface area (Å²) in [5, 5.41) is 3.36. The van der Waals surface area contributed by atoms with Crippen LogP contribution in [-0.4, -0.2) is 27.5 Å². The van der Waals surface area contributed by atoms with Crippen molar-refractivity contribution in [2.45, 2.75) is 26.3 Å². The Hall–Kier alpha value is -0.810. The second-order valence-corrected chi connectivity index (χ2v) is 5.66. The fourth-order valence-corrected chi connectivity index (χ4v) is 2.28. The van der Waals surface area contributed by atoms with Crippen molar-refractivity contribution >= 4 is 34.8 Å². The second kappa shape index (κ2) is 7.50. The molecule has 0 amide bonds. The van der Waals surface area contributed by atoms with Crippen LogP contribution in [-0.2, 0) is 0 Å². The van der Waals surface area contributed by atoms with Crippen LogP contribution in [0.3, 0.4) is 0 Å². The van der Waals surface area contributed by atoms with Crippen LogP contribution in [0.1, 0.15) is 25.8 Å². The topological polar surface area (TPSA) is 50.9 Å². The number of thioether (sulfide) groups is 1. The Kier molecular flexibility index (Phi) is 6.29. The van der Waals surface area contributed by atoms with Crippen molar-refractivity contribution in [3.8, 4) is 0 Å². The number of hydrogen-bond acceptors (Lipinski definition) is 4. The minimum absolute atomic E-state index is 0.386. The molecule has 0 spiro atoms. The molecule has 1 heterocycles. The number of thiocarbonyl (C=S) groups is 1. The van der Waals surface area contributed by atoms with E-state index in [1.54, 1.807) is 6.20 Å². The predicted octanol–water partition coefficient (Wildman–Crippen LogP) is 2.66. The number of rotatable bonds is 7. The second-order valence-electron chi connectivity index (χ2n) is 3.83. The Labute approximate surface area is 113 Å².